The maximum atomic E-state index is 12.6. The highest BCUT2D eigenvalue weighted by molar-refractivity contribution is 6.31. The number of pyridine rings is 1. The van der Waals surface area contributed by atoms with Gasteiger partial charge in [0.1, 0.15) is 5.54 Å². The molecule has 2 aliphatic rings. The smallest absolute Gasteiger partial charge is 0.323 e. The fraction of sp³-hybridized carbons (Fsp3) is 0.462. The molecule has 0 aliphatic carbocycles. The zero-order valence-corrected chi connectivity index (χ0v) is 11.6. The molecule has 2 saturated heterocycles. The first-order valence-corrected chi connectivity index (χ1v) is 6.93. The summed E-state index contributed by atoms with van der Waals surface area (Å²) in [5.41, 5.74) is -0.0156. The van der Waals surface area contributed by atoms with Crippen LogP contribution < -0.4 is 10.6 Å². The minimum Gasteiger partial charge on any atom is -0.323 e. The number of carbonyl (C=O) groups is 2. The minimum absolute atomic E-state index is 0.156. The Labute approximate surface area is 121 Å². The van der Waals surface area contributed by atoms with Crippen molar-refractivity contribution in [2.45, 2.75) is 24.9 Å². The predicted molar refractivity (Wildman–Crippen MR) is 73.2 cm³/mol. The highest BCUT2D eigenvalue weighted by Gasteiger charge is 2.51. The van der Waals surface area contributed by atoms with E-state index in [0.717, 1.165) is 18.7 Å². The average molecular weight is 295 g/mol. The number of piperidine rings is 1. The van der Waals surface area contributed by atoms with Crippen LogP contribution in [0.15, 0.2) is 18.5 Å². The standard InChI is InChI=1S/C13H15ClN4O2/c14-10-7-16-4-1-9(10)8-18-11(19)13(17-12(18)20)2-5-15-6-3-13/h1,4,7,15H,2-3,5-6,8H2,(H,17,20). The van der Waals surface area contributed by atoms with Crippen LogP contribution in [-0.2, 0) is 11.3 Å². The second-order valence-corrected chi connectivity index (χ2v) is 5.53. The van der Waals surface area contributed by atoms with Gasteiger partial charge >= 0.3 is 6.03 Å². The number of aromatic nitrogens is 1. The highest BCUT2D eigenvalue weighted by atomic mass is 35.5. The third-order valence-corrected chi connectivity index (χ3v) is 4.23. The Morgan fingerprint density at radius 1 is 1.35 bits per heavy atom. The maximum absolute atomic E-state index is 12.6. The first-order valence-electron chi connectivity index (χ1n) is 6.56. The van der Waals surface area contributed by atoms with Crippen molar-refractivity contribution in [2.75, 3.05) is 13.1 Å². The molecular formula is C13H15ClN4O2. The molecule has 6 nitrogen and oxygen atoms in total. The number of hydrogen-bond acceptors (Lipinski definition) is 4. The number of nitrogens with zero attached hydrogens (tertiary/aromatic N) is 2. The van der Waals surface area contributed by atoms with Crippen LogP contribution in [0, 0.1) is 0 Å². The summed E-state index contributed by atoms with van der Waals surface area (Å²) < 4.78 is 0. The van der Waals surface area contributed by atoms with Crippen molar-refractivity contribution in [3.63, 3.8) is 0 Å². The molecule has 3 heterocycles. The lowest BCUT2D eigenvalue weighted by Gasteiger charge is -2.31. The Kier molecular flexibility index (Phi) is 3.35. The van der Waals surface area contributed by atoms with Crippen LogP contribution >= 0.6 is 11.6 Å². The largest absolute Gasteiger partial charge is 0.325 e. The first kappa shape index (κ1) is 13.3. The summed E-state index contributed by atoms with van der Waals surface area (Å²) in [7, 11) is 0. The number of amides is 3. The Bertz CT molecular complexity index is 557. The number of halogens is 1. The topological polar surface area (TPSA) is 74.3 Å². The van der Waals surface area contributed by atoms with E-state index in [4.69, 9.17) is 11.6 Å². The van der Waals surface area contributed by atoms with Gasteiger partial charge in [-0.25, -0.2) is 4.79 Å². The van der Waals surface area contributed by atoms with Crippen molar-refractivity contribution in [3.05, 3.63) is 29.0 Å². The van der Waals surface area contributed by atoms with E-state index in [-0.39, 0.29) is 18.5 Å². The van der Waals surface area contributed by atoms with E-state index in [0.29, 0.717) is 17.9 Å². The summed E-state index contributed by atoms with van der Waals surface area (Å²) in [6.07, 6.45) is 4.35. The van der Waals surface area contributed by atoms with Crippen molar-refractivity contribution < 1.29 is 9.59 Å². The number of hydrogen-bond donors (Lipinski definition) is 2. The summed E-state index contributed by atoms with van der Waals surface area (Å²) in [6, 6.07) is 1.38. The summed E-state index contributed by atoms with van der Waals surface area (Å²) >= 11 is 6.03. The number of carbonyl (C=O) groups excluding carboxylic acids is 2. The van der Waals surface area contributed by atoms with Gasteiger partial charge < -0.3 is 10.6 Å². The van der Waals surface area contributed by atoms with Crippen LogP contribution in [0.25, 0.3) is 0 Å². The quantitative estimate of drug-likeness (QED) is 0.795. The molecule has 0 radical (unpaired) electrons. The lowest BCUT2D eigenvalue weighted by molar-refractivity contribution is -0.132. The summed E-state index contributed by atoms with van der Waals surface area (Å²) in [6.45, 7) is 1.65. The van der Waals surface area contributed by atoms with Crippen molar-refractivity contribution in [1.29, 1.82) is 0 Å². The molecule has 0 aromatic carbocycles. The predicted octanol–water partition coefficient (Wildman–Crippen LogP) is 0.909. The molecule has 20 heavy (non-hydrogen) atoms. The molecule has 3 amide bonds. The van der Waals surface area contributed by atoms with Gasteiger partial charge in [0.2, 0.25) is 0 Å². The van der Waals surface area contributed by atoms with E-state index in [9.17, 15) is 9.59 Å². The van der Waals surface area contributed by atoms with Gasteiger partial charge in [0.25, 0.3) is 5.91 Å². The van der Waals surface area contributed by atoms with Gasteiger partial charge in [-0.15, -0.1) is 0 Å². The molecule has 0 atom stereocenters. The Morgan fingerprint density at radius 3 is 2.80 bits per heavy atom. The summed E-state index contributed by atoms with van der Waals surface area (Å²) in [5.74, 6) is -0.156. The van der Waals surface area contributed by atoms with Crippen LogP contribution in [0.3, 0.4) is 0 Å². The van der Waals surface area contributed by atoms with E-state index in [1.54, 1.807) is 12.3 Å². The maximum Gasteiger partial charge on any atom is 0.325 e. The number of imide groups is 1. The normalized spacial score (nSPS) is 21.4. The Hall–Kier alpha value is -1.66. The molecule has 2 N–H and O–H groups in total. The fourth-order valence-corrected chi connectivity index (χ4v) is 2.89. The summed E-state index contributed by atoms with van der Waals surface area (Å²) in [5, 5.41) is 6.50. The number of nitrogens with one attached hydrogen (secondary N) is 2. The fourth-order valence-electron chi connectivity index (χ4n) is 2.71. The van der Waals surface area contributed by atoms with Crippen LogP contribution in [0.1, 0.15) is 18.4 Å². The lowest BCUT2D eigenvalue weighted by atomic mass is 9.88. The van der Waals surface area contributed by atoms with Crippen molar-refractivity contribution in [1.82, 2.24) is 20.5 Å². The monoisotopic (exact) mass is 294 g/mol. The molecule has 106 valence electrons. The zero-order chi connectivity index (χ0) is 14.2. The molecular weight excluding hydrogens is 280 g/mol. The van der Waals surface area contributed by atoms with Gasteiger partial charge in [-0.2, -0.15) is 0 Å². The van der Waals surface area contributed by atoms with Gasteiger partial charge in [-0.1, -0.05) is 11.6 Å². The van der Waals surface area contributed by atoms with Crippen LogP contribution in [-0.4, -0.2) is 40.5 Å². The second kappa shape index (κ2) is 5.03. The van der Waals surface area contributed by atoms with E-state index in [2.05, 4.69) is 15.6 Å². The first-order chi connectivity index (χ1) is 9.62. The molecule has 0 bridgehead atoms. The second-order valence-electron chi connectivity index (χ2n) is 5.12. The van der Waals surface area contributed by atoms with Gasteiger partial charge in [0.05, 0.1) is 11.6 Å². The van der Waals surface area contributed by atoms with Crippen molar-refractivity contribution in [3.8, 4) is 0 Å². The minimum atomic E-state index is -0.734. The zero-order valence-electron chi connectivity index (χ0n) is 10.9. The van der Waals surface area contributed by atoms with Crippen LogP contribution in [0.2, 0.25) is 5.02 Å². The molecule has 7 heteroatoms. The van der Waals surface area contributed by atoms with Gasteiger partial charge in [0.15, 0.2) is 0 Å². The van der Waals surface area contributed by atoms with Crippen LogP contribution in [0.4, 0.5) is 4.79 Å². The molecule has 0 saturated carbocycles. The Balaban J connectivity index is 1.82. The lowest BCUT2D eigenvalue weighted by Crippen LogP contribution is -2.53. The molecule has 2 fully saturated rings. The van der Waals surface area contributed by atoms with E-state index in [1.165, 1.54) is 11.1 Å². The van der Waals surface area contributed by atoms with Crippen molar-refractivity contribution >= 4 is 23.5 Å². The molecule has 0 unspecified atom stereocenters. The van der Waals surface area contributed by atoms with Crippen LogP contribution in [0.5, 0.6) is 0 Å². The van der Waals surface area contributed by atoms with Crippen molar-refractivity contribution in [2.24, 2.45) is 0 Å². The molecule has 3 rings (SSSR count). The number of rotatable bonds is 2. The van der Waals surface area contributed by atoms with E-state index >= 15 is 0 Å². The van der Waals surface area contributed by atoms with E-state index < -0.39 is 5.54 Å². The highest BCUT2D eigenvalue weighted by Crippen LogP contribution is 2.28. The third-order valence-electron chi connectivity index (χ3n) is 3.89. The molecule has 1 spiro atoms. The number of urea groups is 1. The van der Waals surface area contributed by atoms with Gasteiger partial charge in [-0.3, -0.25) is 14.7 Å². The average Bonchev–Trinajstić information content (AvgIpc) is 2.66. The van der Waals surface area contributed by atoms with Gasteiger partial charge in [-0.05, 0) is 37.6 Å². The molecule has 2 aliphatic heterocycles. The SMILES string of the molecule is O=C1NC2(CCNCC2)C(=O)N1Cc1ccncc1Cl. The summed E-state index contributed by atoms with van der Waals surface area (Å²) in [4.78, 5) is 29.8. The molecule has 1 aromatic rings. The van der Waals surface area contributed by atoms with Gasteiger partial charge in [0, 0.05) is 12.4 Å². The van der Waals surface area contributed by atoms with E-state index in [1.807, 2.05) is 0 Å². The Morgan fingerprint density at radius 2 is 2.10 bits per heavy atom. The molecule has 1 aromatic heterocycles. The third kappa shape index (κ3) is 2.14.